The predicted molar refractivity (Wildman–Crippen MR) is 41.8 cm³/mol. The molecule has 0 aliphatic rings. The van der Waals surface area contributed by atoms with Crippen LogP contribution in [0.3, 0.4) is 0 Å². The van der Waals surface area contributed by atoms with Gasteiger partial charge in [0.1, 0.15) is 12.5 Å². The van der Waals surface area contributed by atoms with Crippen molar-refractivity contribution in [2.75, 3.05) is 12.0 Å². The minimum atomic E-state index is -0.228. The highest BCUT2D eigenvalue weighted by molar-refractivity contribution is 5.45. The topological polar surface area (TPSA) is 32.3 Å². The van der Waals surface area contributed by atoms with Crippen LogP contribution in [0.1, 0.15) is 5.56 Å². The zero-order valence-corrected chi connectivity index (χ0v) is 6.26. The van der Waals surface area contributed by atoms with E-state index in [2.05, 4.69) is 5.32 Å². The molecule has 0 fully saturated rings. The molecule has 0 amide bonds. The molecule has 1 aromatic rings. The summed E-state index contributed by atoms with van der Waals surface area (Å²) in [5.74, 6) is -0.228. The van der Waals surface area contributed by atoms with Gasteiger partial charge in [-0.25, -0.2) is 4.39 Å². The SMILES string of the molecule is Cc1cc(NCO)ccc1F. The van der Waals surface area contributed by atoms with Crippen molar-refractivity contribution in [1.82, 2.24) is 0 Å². The highest BCUT2D eigenvalue weighted by atomic mass is 19.1. The lowest BCUT2D eigenvalue weighted by atomic mass is 10.2. The Morgan fingerprint density at radius 3 is 2.82 bits per heavy atom. The third-order valence-corrected chi connectivity index (χ3v) is 1.44. The fourth-order valence-corrected chi connectivity index (χ4v) is 0.846. The third-order valence-electron chi connectivity index (χ3n) is 1.44. The molecule has 3 heteroatoms. The zero-order valence-electron chi connectivity index (χ0n) is 6.26. The van der Waals surface area contributed by atoms with Crippen molar-refractivity contribution in [3.63, 3.8) is 0 Å². The summed E-state index contributed by atoms with van der Waals surface area (Å²) in [5.41, 5.74) is 1.30. The summed E-state index contributed by atoms with van der Waals surface area (Å²) in [7, 11) is 0. The lowest BCUT2D eigenvalue weighted by Gasteiger charge is -2.03. The lowest BCUT2D eigenvalue weighted by molar-refractivity contribution is 0.325. The summed E-state index contributed by atoms with van der Waals surface area (Å²) >= 11 is 0. The molecule has 0 unspecified atom stereocenters. The number of aliphatic hydroxyl groups excluding tert-OH is 1. The summed E-state index contributed by atoms with van der Waals surface area (Å²) in [5, 5.41) is 11.1. The molecule has 0 saturated carbocycles. The maximum Gasteiger partial charge on any atom is 0.126 e. The fourth-order valence-electron chi connectivity index (χ4n) is 0.846. The van der Waals surface area contributed by atoms with Gasteiger partial charge in [0.15, 0.2) is 0 Å². The maximum absolute atomic E-state index is 12.6. The van der Waals surface area contributed by atoms with E-state index in [4.69, 9.17) is 5.11 Å². The number of hydrogen-bond acceptors (Lipinski definition) is 2. The van der Waals surface area contributed by atoms with E-state index in [1.54, 1.807) is 19.1 Å². The minimum absolute atomic E-state index is 0.134. The van der Waals surface area contributed by atoms with E-state index in [1.807, 2.05) is 0 Å². The summed E-state index contributed by atoms with van der Waals surface area (Å²) in [6.07, 6.45) is 0. The van der Waals surface area contributed by atoms with Crippen LogP contribution in [0.15, 0.2) is 18.2 Å². The third kappa shape index (κ3) is 1.91. The molecule has 0 heterocycles. The Bertz CT molecular complexity index is 250. The summed E-state index contributed by atoms with van der Waals surface area (Å²) in [6, 6.07) is 4.59. The van der Waals surface area contributed by atoms with Gasteiger partial charge in [0, 0.05) is 5.69 Å². The highest BCUT2D eigenvalue weighted by Gasteiger charge is 1.96. The number of halogens is 1. The van der Waals surface area contributed by atoms with E-state index in [0.29, 0.717) is 5.56 Å². The van der Waals surface area contributed by atoms with Gasteiger partial charge in [-0.2, -0.15) is 0 Å². The zero-order chi connectivity index (χ0) is 8.27. The van der Waals surface area contributed by atoms with Crippen LogP contribution in [-0.2, 0) is 0 Å². The second-order valence-corrected chi connectivity index (χ2v) is 2.30. The number of aliphatic hydroxyl groups is 1. The second kappa shape index (κ2) is 3.34. The first-order valence-electron chi connectivity index (χ1n) is 3.35. The Morgan fingerprint density at radius 2 is 2.27 bits per heavy atom. The van der Waals surface area contributed by atoms with E-state index in [0.717, 1.165) is 5.69 Å². The van der Waals surface area contributed by atoms with Crippen molar-refractivity contribution in [2.24, 2.45) is 0 Å². The molecule has 0 spiro atoms. The fraction of sp³-hybridized carbons (Fsp3) is 0.250. The molecular weight excluding hydrogens is 145 g/mol. The molecule has 0 aliphatic heterocycles. The number of anilines is 1. The smallest absolute Gasteiger partial charge is 0.126 e. The van der Waals surface area contributed by atoms with Crippen LogP contribution in [0.25, 0.3) is 0 Å². The summed E-state index contributed by atoms with van der Waals surface area (Å²) in [6.45, 7) is 1.54. The van der Waals surface area contributed by atoms with E-state index < -0.39 is 0 Å². The van der Waals surface area contributed by atoms with E-state index >= 15 is 0 Å². The van der Waals surface area contributed by atoms with Crippen molar-refractivity contribution in [3.8, 4) is 0 Å². The first kappa shape index (κ1) is 8.01. The van der Waals surface area contributed by atoms with Crippen molar-refractivity contribution in [3.05, 3.63) is 29.6 Å². The van der Waals surface area contributed by atoms with Crippen LogP contribution >= 0.6 is 0 Å². The van der Waals surface area contributed by atoms with Crippen LogP contribution in [0.2, 0.25) is 0 Å². The minimum Gasteiger partial charge on any atom is -0.377 e. The maximum atomic E-state index is 12.6. The Balaban J connectivity index is 2.86. The second-order valence-electron chi connectivity index (χ2n) is 2.30. The molecule has 11 heavy (non-hydrogen) atoms. The van der Waals surface area contributed by atoms with Gasteiger partial charge in [-0.15, -0.1) is 0 Å². The summed E-state index contributed by atoms with van der Waals surface area (Å²) < 4.78 is 12.6. The molecule has 2 N–H and O–H groups in total. The average molecular weight is 155 g/mol. The lowest BCUT2D eigenvalue weighted by Crippen LogP contribution is -1.99. The Morgan fingerprint density at radius 1 is 1.55 bits per heavy atom. The first-order chi connectivity index (χ1) is 5.24. The van der Waals surface area contributed by atoms with Crippen molar-refractivity contribution in [2.45, 2.75) is 6.92 Å². The number of nitrogens with one attached hydrogen (secondary N) is 1. The van der Waals surface area contributed by atoms with Crippen LogP contribution in [0.5, 0.6) is 0 Å². The van der Waals surface area contributed by atoms with Gasteiger partial charge < -0.3 is 10.4 Å². The molecule has 1 rings (SSSR count). The van der Waals surface area contributed by atoms with Gasteiger partial charge in [-0.3, -0.25) is 0 Å². The number of hydrogen-bond donors (Lipinski definition) is 2. The van der Waals surface area contributed by atoms with Crippen LogP contribution in [-0.4, -0.2) is 11.8 Å². The molecule has 0 aromatic heterocycles. The van der Waals surface area contributed by atoms with Crippen LogP contribution in [0.4, 0.5) is 10.1 Å². The van der Waals surface area contributed by atoms with Crippen LogP contribution < -0.4 is 5.32 Å². The summed E-state index contributed by atoms with van der Waals surface area (Å²) in [4.78, 5) is 0. The molecule has 0 radical (unpaired) electrons. The largest absolute Gasteiger partial charge is 0.377 e. The van der Waals surface area contributed by atoms with Crippen molar-refractivity contribution in [1.29, 1.82) is 0 Å². The molecule has 0 saturated heterocycles. The molecule has 60 valence electrons. The Hall–Kier alpha value is -1.09. The Labute approximate surface area is 64.7 Å². The van der Waals surface area contributed by atoms with Gasteiger partial charge in [0.05, 0.1) is 0 Å². The van der Waals surface area contributed by atoms with Gasteiger partial charge in [-0.1, -0.05) is 0 Å². The molecule has 1 aromatic carbocycles. The van der Waals surface area contributed by atoms with Crippen LogP contribution in [0, 0.1) is 12.7 Å². The molecule has 2 nitrogen and oxygen atoms in total. The Kier molecular flexibility index (Phi) is 2.44. The van der Waals surface area contributed by atoms with Crippen molar-refractivity contribution >= 4 is 5.69 Å². The normalized spacial score (nSPS) is 9.73. The van der Waals surface area contributed by atoms with E-state index in [-0.39, 0.29) is 12.5 Å². The van der Waals surface area contributed by atoms with Gasteiger partial charge in [-0.05, 0) is 30.7 Å². The average Bonchev–Trinajstić information content (AvgIpc) is 1.98. The molecule has 0 aliphatic carbocycles. The monoisotopic (exact) mass is 155 g/mol. The van der Waals surface area contributed by atoms with Gasteiger partial charge in [0.25, 0.3) is 0 Å². The van der Waals surface area contributed by atoms with Gasteiger partial charge >= 0.3 is 0 Å². The molecule has 0 bridgehead atoms. The molecular formula is C8H10FNO. The quantitative estimate of drug-likeness (QED) is 0.634. The number of benzene rings is 1. The number of aryl methyl sites for hydroxylation is 1. The van der Waals surface area contributed by atoms with E-state index in [1.165, 1.54) is 6.07 Å². The molecule has 0 atom stereocenters. The number of rotatable bonds is 2. The predicted octanol–water partition coefficient (Wildman–Crippen LogP) is 1.50. The van der Waals surface area contributed by atoms with Gasteiger partial charge in [0.2, 0.25) is 0 Å². The van der Waals surface area contributed by atoms with Crippen molar-refractivity contribution < 1.29 is 9.50 Å². The first-order valence-corrected chi connectivity index (χ1v) is 3.35. The highest BCUT2D eigenvalue weighted by Crippen LogP contribution is 2.12. The van der Waals surface area contributed by atoms with E-state index in [9.17, 15) is 4.39 Å². The standard InChI is InChI=1S/C8H10FNO/c1-6-4-7(10-5-11)2-3-8(6)9/h2-4,10-11H,5H2,1H3.